The summed E-state index contributed by atoms with van der Waals surface area (Å²) in [6.07, 6.45) is 1.02. The molecule has 1 aliphatic carbocycles. The van der Waals surface area contributed by atoms with Crippen LogP contribution in [0.3, 0.4) is 0 Å². The van der Waals surface area contributed by atoms with Crippen LogP contribution in [0.5, 0.6) is 11.5 Å². The summed E-state index contributed by atoms with van der Waals surface area (Å²) >= 11 is 5.80. The lowest BCUT2D eigenvalue weighted by Crippen LogP contribution is -2.31. The van der Waals surface area contributed by atoms with Gasteiger partial charge in [-0.15, -0.1) is 0 Å². The van der Waals surface area contributed by atoms with Crippen molar-refractivity contribution in [1.29, 1.82) is 0 Å². The summed E-state index contributed by atoms with van der Waals surface area (Å²) in [6, 6.07) is 7.83. The molecule has 5 rings (SSSR count). The van der Waals surface area contributed by atoms with Crippen molar-refractivity contribution in [2.75, 3.05) is 0 Å². The van der Waals surface area contributed by atoms with Gasteiger partial charge in [0.15, 0.2) is 11.6 Å². The number of aliphatic hydroxyl groups excluding tert-OH is 1. The molecular weight excluding hydrogens is 395 g/mol. The Kier molecular flexibility index (Phi) is 4.46. The van der Waals surface area contributed by atoms with Gasteiger partial charge >= 0.3 is 0 Å². The average Bonchev–Trinajstić information content (AvgIpc) is 3.33. The van der Waals surface area contributed by atoms with Gasteiger partial charge in [-0.25, -0.2) is 4.39 Å². The van der Waals surface area contributed by atoms with E-state index in [1.807, 2.05) is 13.8 Å². The summed E-state index contributed by atoms with van der Waals surface area (Å²) < 4.78 is 25.7. The van der Waals surface area contributed by atoms with Crippen molar-refractivity contribution in [1.82, 2.24) is 0 Å². The molecule has 0 amide bonds. The summed E-state index contributed by atoms with van der Waals surface area (Å²) in [5, 5.41) is 11.3. The highest BCUT2D eigenvalue weighted by Gasteiger charge is 2.62. The molecule has 2 bridgehead atoms. The monoisotopic (exact) mass is 416 g/mol. The molecule has 2 saturated heterocycles. The predicted molar refractivity (Wildman–Crippen MR) is 106 cm³/mol. The molecule has 152 valence electrons. The van der Waals surface area contributed by atoms with Crippen LogP contribution in [0.15, 0.2) is 30.3 Å². The minimum Gasteiger partial charge on any atom is -0.454 e. The van der Waals surface area contributed by atoms with Crippen molar-refractivity contribution in [3.8, 4) is 11.5 Å². The third kappa shape index (κ3) is 2.90. The van der Waals surface area contributed by atoms with Crippen LogP contribution >= 0.6 is 11.6 Å². The largest absolute Gasteiger partial charge is 0.454 e. The van der Waals surface area contributed by atoms with Gasteiger partial charge in [0.05, 0.1) is 30.1 Å². The van der Waals surface area contributed by atoms with Crippen molar-refractivity contribution in [2.24, 2.45) is 11.8 Å². The molecule has 2 heterocycles. The highest BCUT2D eigenvalue weighted by molar-refractivity contribution is 6.30. The van der Waals surface area contributed by atoms with Gasteiger partial charge in [-0.2, -0.15) is 0 Å². The lowest BCUT2D eigenvalue weighted by molar-refractivity contribution is -0.124. The van der Waals surface area contributed by atoms with E-state index in [1.165, 1.54) is 12.1 Å². The normalized spacial score (nSPS) is 32.7. The van der Waals surface area contributed by atoms with Crippen LogP contribution in [0.2, 0.25) is 5.02 Å². The number of ether oxygens (including phenoxy) is 2. The Balaban J connectivity index is 1.47. The van der Waals surface area contributed by atoms with E-state index in [-0.39, 0.29) is 35.6 Å². The van der Waals surface area contributed by atoms with E-state index in [9.17, 15) is 14.3 Å². The van der Waals surface area contributed by atoms with E-state index >= 15 is 0 Å². The number of benzene rings is 2. The summed E-state index contributed by atoms with van der Waals surface area (Å²) in [5.41, 5.74) is 2.54. The molecule has 6 atom stereocenters. The summed E-state index contributed by atoms with van der Waals surface area (Å²) in [4.78, 5) is 13.2. The number of hydrogen-bond donors (Lipinski definition) is 1. The minimum absolute atomic E-state index is 0.00921. The standard InChI is InChI=1S/C23H22ClFO4/c1-10-7-13(28-15-4-3-12(24)9-14(15)25)8-11(2)18(10)21-22(26)19-16-5-6-17(29-16)20(19)23(21)27/h3-4,7-9,16-17,19-22,26H,5-6H2,1-2H3. The predicted octanol–water partition coefficient (Wildman–Crippen LogP) is 4.71. The van der Waals surface area contributed by atoms with Crippen molar-refractivity contribution >= 4 is 17.4 Å². The van der Waals surface area contributed by atoms with Crippen molar-refractivity contribution < 1.29 is 23.8 Å². The number of carbonyl (C=O) groups is 1. The van der Waals surface area contributed by atoms with Crippen LogP contribution in [0.1, 0.15) is 35.4 Å². The van der Waals surface area contributed by atoms with E-state index in [2.05, 4.69) is 0 Å². The van der Waals surface area contributed by atoms with Crippen LogP contribution in [-0.2, 0) is 9.53 Å². The number of fused-ring (bicyclic) bond motifs is 5. The zero-order valence-electron chi connectivity index (χ0n) is 16.2. The van der Waals surface area contributed by atoms with Crippen LogP contribution < -0.4 is 4.74 Å². The maximum absolute atomic E-state index is 14.1. The zero-order valence-corrected chi connectivity index (χ0v) is 16.9. The topological polar surface area (TPSA) is 55.8 Å². The van der Waals surface area contributed by atoms with Crippen LogP contribution in [-0.4, -0.2) is 29.2 Å². The fraction of sp³-hybridized carbons (Fsp3) is 0.435. The number of rotatable bonds is 3. The first-order chi connectivity index (χ1) is 13.8. The third-order valence-electron chi connectivity index (χ3n) is 6.70. The number of aryl methyl sites for hydroxylation is 2. The molecule has 0 spiro atoms. The average molecular weight is 417 g/mol. The van der Waals surface area contributed by atoms with E-state index in [0.29, 0.717) is 10.8 Å². The Morgan fingerprint density at radius 2 is 1.83 bits per heavy atom. The van der Waals surface area contributed by atoms with Crippen molar-refractivity contribution in [3.05, 3.63) is 57.9 Å². The first-order valence-electron chi connectivity index (χ1n) is 9.96. The van der Waals surface area contributed by atoms with Gasteiger partial charge in [0.2, 0.25) is 0 Å². The van der Waals surface area contributed by atoms with Gasteiger partial charge in [0, 0.05) is 10.9 Å². The van der Waals surface area contributed by atoms with Gasteiger partial charge in [-0.05, 0) is 73.7 Å². The van der Waals surface area contributed by atoms with E-state index in [1.54, 1.807) is 18.2 Å². The first kappa shape index (κ1) is 19.0. The molecule has 0 radical (unpaired) electrons. The molecule has 4 nitrogen and oxygen atoms in total. The number of aliphatic hydroxyl groups is 1. The summed E-state index contributed by atoms with van der Waals surface area (Å²) in [5.74, 6) is -0.747. The Bertz CT molecular complexity index is 983. The fourth-order valence-corrected chi connectivity index (χ4v) is 5.76. The van der Waals surface area contributed by atoms with Gasteiger partial charge in [0.1, 0.15) is 11.5 Å². The number of carbonyl (C=O) groups excluding carboxylic acids is 1. The fourth-order valence-electron chi connectivity index (χ4n) is 5.60. The molecule has 3 fully saturated rings. The highest BCUT2D eigenvalue weighted by Crippen LogP contribution is 2.55. The Morgan fingerprint density at radius 3 is 2.48 bits per heavy atom. The van der Waals surface area contributed by atoms with Crippen molar-refractivity contribution in [2.45, 2.75) is 50.9 Å². The summed E-state index contributed by atoms with van der Waals surface area (Å²) in [7, 11) is 0. The van der Waals surface area contributed by atoms with Gasteiger partial charge in [-0.3, -0.25) is 4.79 Å². The van der Waals surface area contributed by atoms with Crippen LogP contribution in [0, 0.1) is 31.5 Å². The molecule has 29 heavy (non-hydrogen) atoms. The zero-order chi connectivity index (χ0) is 20.4. The second-order valence-corrected chi connectivity index (χ2v) is 8.85. The number of Topliss-reactive ketones (excluding diaryl/α,β-unsaturated/α-hetero) is 1. The molecular formula is C23H22ClFO4. The molecule has 6 heteroatoms. The van der Waals surface area contributed by atoms with E-state index in [0.717, 1.165) is 29.5 Å². The van der Waals surface area contributed by atoms with Gasteiger partial charge in [0.25, 0.3) is 0 Å². The molecule has 2 aromatic rings. The Hall–Kier alpha value is -1.95. The second kappa shape index (κ2) is 6.79. The Labute approximate surface area is 173 Å². The molecule has 2 aromatic carbocycles. The van der Waals surface area contributed by atoms with Crippen molar-refractivity contribution in [3.63, 3.8) is 0 Å². The molecule has 0 aromatic heterocycles. The van der Waals surface area contributed by atoms with E-state index < -0.39 is 17.8 Å². The van der Waals surface area contributed by atoms with Gasteiger partial charge in [-0.1, -0.05) is 11.6 Å². The lowest BCUT2D eigenvalue weighted by atomic mass is 9.81. The first-order valence-corrected chi connectivity index (χ1v) is 10.3. The third-order valence-corrected chi connectivity index (χ3v) is 6.94. The number of hydrogen-bond acceptors (Lipinski definition) is 4. The minimum atomic E-state index is -0.735. The van der Waals surface area contributed by atoms with Crippen LogP contribution in [0.25, 0.3) is 0 Å². The maximum Gasteiger partial charge on any atom is 0.167 e. The molecule has 3 aliphatic rings. The highest BCUT2D eigenvalue weighted by atomic mass is 35.5. The maximum atomic E-state index is 14.1. The van der Waals surface area contributed by atoms with E-state index in [4.69, 9.17) is 21.1 Å². The lowest BCUT2D eigenvalue weighted by Gasteiger charge is -2.24. The molecule has 1 saturated carbocycles. The molecule has 1 N–H and O–H groups in total. The quantitative estimate of drug-likeness (QED) is 0.787. The molecule has 6 unspecified atom stereocenters. The second-order valence-electron chi connectivity index (χ2n) is 8.41. The number of halogens is 2. The van der Waals surface area contributed by atoms with Gasteiger partial charge < -0.3 is 14.6 Å². The summed E-state index contributed by atoms with van der Waals surface area (Å²) in [6.45, 7) is 3.79. The molecule has 2 aliphatic heterocycles. The smallest absolute Gasteiger partial charge is 0.167 e. The SMILES string of the molecule is Cc1cc(Oc2ccc(Cl)cc2F)cc(C)c1C1C(=O)C2C3CCC(O3)C2C1O. The Morgan fingerprint density at radius 1 is 1.14 bits per heavy atom. The van der Waals surface area contributed by atoms with Crippen LogP contribution in [0.4, 0.5) is 4.39 Å². The number of ketones is 1.